The van der Waals surface area contributed by atoms with Crippen LogP contribution in [-0.2, 0) is 6.42 Å². The van der Waals surface area contributed by atoms with Gasteiger partial charge in [0, 0.05) is 0 Å². The Morgan fingerprint density at radius 1 is 1.00 bits per heavy atom. The standard InChI is InChI=1S/C21H37NO3S/c1-2-3-15-18(23)16-13-11-9-7-5-4-6-8-10-12-14-17-19-20(24)22-21(25)26-19/h13,16,18,23-24H,2-12,14-15,17H2,1H3,(H,22,25)/t18-/m1/s1. The molecule has 0 fully saturated rings. The predicted octanol–water partition coefficient (Wildman–Crippen LogP) is 5.69. The fourth-order valence-electron chi connectivity index (χ4n) is 3.07. The zero-order valence-electron chi connectivity index (χ0n) is 16.3. The number of thiazole rings is 1. The molecule has 0 saturated carbocycles. The summed E-state index contributed by atoms with van der Waals surface area (Å²) in [6.07, 6.45) is 20.0. The zero-order valence-corrected chi connectivity index (χ0v) is 17.2. The van der Waals surface area contributed by atoms with Gasteiger partial charge in [-0.05, 0) is 32.1 Å². The maximum absolute atomic E-state index is 11.1. The van der Waals surface area contributed by atoms with Crippen LogP contribution in [0.25, 0.3) is 0 Å². The van der Waals surface area contributed by atoms with Crippen molar-refractivity contribution in [2.45, 2.75) is 103 Å². The van der Waals surface area contributed by atoms with Crippen LogP contribution < -0.4 is 4.87 Å². The molecule has 4 nitrogen and oxygen atoms in total. The number of nitrogens with one attached hydrogen (secondary N) is 1. The molecule has 0 aliphatic carbocycles. The number of aryl methyl sites for hydroxylation is 1. The second-order valence-electron chi connectivity index (χ2n) is 7.14. The average molecular weight is 384 g/mol. The van der Waals surface area contributed by atoms with Gasteiger partial charge in [0.2, 0.25) is 5.88 Å². The lowest BCUT2D eigenvalue weighted by Gasteiger charge is -2.03. The van der Waals surface area contributed by atoms with E-state index in [2.05, 4.69) is 18.0 Å². The second kappa shape index (κ2) is 15.0. The van der Waals surface area contributed by atoms with E-state index in [1.54, 1.807) is 0 Å². The summed E-state index contributed by atoms with van der Waals surface area (Å²) in [5.41, 5.74) is 0. The molecule has 0 radical (unpaired) electrons. The Balaban J connectivity index is 1.84. The van der Waals surface area contributed by atoms with Crippen molar-refractivity contribution in [3.8, 4) is 5.88 Å². The van der Waals surface area contributed by atoms with Crippen molar-refractivity contribution in [1.82, 2.24) is 4.98 Å². The minimum absolute atomic E-state index is 0.0605. The quantitative estimate of drug-likeness (QED) is 0.253. The number of unbranched alkanes of at least 4 members (excludes halogenated alkanes) is 10. The van der Waals surface area contributed by atoms with Crippen LogP contribution in [-0.4, -0.2) is 21.3 Å². The Kier molecular flexibility index (Phi) is 13.3. The number of aliphatic hydroxyl groups is 1. The fraction of sp³-hybridized carbons (Fsp3) is 0.762. The van der Waals surface area contributed by atoms with Gasteiger partial charge in [0.05, 0.1) is 11.0 Å². The van der Waals surface area contributed by atoms with Gasteiger partial charge in [-0.3, -0.25) is 9.78 Å². The third-order valence-corrected chi connectivity index (χ3v) is 5.62. The summed E-state index contributed by atoms with van der Waals surface area (Å²) in [5.74, 6) is 0.0605. The molecule has 0 aliphatic rings. The Labute approximate surface area is 162 Å². The van der Waals surface area contributed by atoms with Crippen molar-refractivity contribution in [3.63, 3.8) is 0 Å². The molecule has 0 aromatic carbocycles. The first-order valence-corrected chi connectivity index (χ1v) is 11.2. The molecule has 150 valence electrons. The summed E-state index contributed by atoms with van der Waals surface area (Å²) in [7, 11) is 0. The summed E-state index contributed by atoms with van der Waals surface area (Å²) in [5, 5.41) is 19.2. The monoisotopic (exact) mass is 383 g/mol. The lowest BCUT2D eigenvalue weighted by Crippen LogP contribution is -2.00. The van der Waals surface area contributed by atoms with E-state index in [0.717, 1.165) is 61.2 Å². The van der Waals surface area contributed by atoms with Gasteiger partial charge >= 0.3 is 4.87 Å². The third kappa shape index (κ3) is 11.5. The maximum atomic E-state index is 11.1. The second-order valence-corrected chi connectivity index (χ2v) is 8.21. The van der Waals surface area contributed by atoms with Crippen LogP contribution in [0.1, 0.15) is 95.3 Å². The zero-order chi connectivity index (χ0) is 19.0. The number of aliphatic hydroxyl groups excluding tert-OH is 1. The molecule has 1 aromatic heterocycles. The van der Waals surface area contributed by atoms with E-state index in [4.69, 9.17) is 0 Å². The van der Waals surface area contributed by atoms with Crippen molar-refractivity contribution in [3.05, 3.63) is 26.7 Å². The first-order valence-electron chi connectivity index (χ1n) is 10.4. The first kappa shape index (κ1) is 23.0. The Morgan fingerprint density at radius 2 is 1.62 bits per heavy atom. The molecule has 3 N–H and O–H groups in total. The van der Waals surface area contributed by atoms with Gasteiger partial charge in [-0.25, -0.2) is 0 Å². The van der Waals surface area contributed by atoms with Crippen LogP contribution in [0.3, 0.4) is 0 Å². The number of H-pyrrole nitrogens is 1. The van der Waals surface area contributed by atoms with Crippen LogP contribution in [0.15, 0.2) is 16.9 Å². The van der Waals surface area contributed by atoms with E-state index in [-0.39, 0.29) is 16.9 Å². The third-order valence-electron chi connectivity index (χ3n) is 4.69. The number of hydrogen-bond acceptors (Lipinski definition) is 4. The lowest BCUT2D eigenvalue weighted by atomic mass is 10.1. The van der Waals surface area contributed by atoms with Crippen LogP contribution in [0.2, 0.25) is 0 Å². The summed E-state index contributed by atoms with van der Waals surface area (Å²) in [6.45, 7) is 2.15. The van der Waals surface area contributed by atoms with E-state index < -0.39 is 0 Å². The summed E-state index contributed by atoms with van der Waals surface area (Å²) >= 11 is 1.12. The highest BCUT2D eigenvalue weighted by Gasteiger charge is 2.05. The molecule has 0 unspecified atom stereocenters. The summed E-state index contributed by atoms with van der Waals surface area (Å²) in [6, 6.07) is 0. The topological polar surface area (TPSA) is 73.3 Å². The highest BCUT2D eigenvalue weighted by Crippen LogP contribution is 2.19. The Hall–Kier alpha value is -1.07. The van der Waals surface area contributed by atoms with Crippen molar-refractivity contribution in [2.75, 3.05) is 0 Å². The van der Waals surface area contributed by atoms with Crippen LogP contribution in [0.5, 0.6) is 5.88 Å². The van der Waals surface area contributed by atoms with E-state index in [1.807, 2.05) is 6.08 Å². The first-order chi connectivity index (χ1) is 12.6. The molecule has 1 heterocycles. The largest absolute Gasteiger partial charge is 0.494 e. The smallest absolute Gasteiger partial charge is 0.307 e. The van der Waals surface area contributed by atoms with Crippen molar-refractivity contribution < 1.29 is 10.2 Å². The van der Waals surface area contributed by atoms with Gasteiger partial charge in [-0.1, -0.05) is 88.2 Å². The number of aromatic nitrogens is 1. The molecule has 0 amide bonds. The normalized spacial score (nSPS) is 12.8. The highest BCUT2D eigenvalue weighted by molar-refractivity contribution is 7.09. The van der Waals surface area contributed by atoms with Gasteiger partial charge in [0.25, 0.3) is 0 Å². The molecule has 0 spiro atoms. The molecule has 0 bridgehead atoms. The Bertz CT molecular complexity index is 536. The van der Waals surface area contributed by atoms with E-state index in [0.29, 0.717) is 0 Å². The molecule has 26 heavy (non-hydrogen) atoms. The van der Waals surface area contributed by atoms with Crippen molar-refractivity contribution in [1.29, 1.82) is 0 Å². The van der Waals surface area contributed by atoms with Crippen molar-refractivity contribution in [2.24, 2.45) is 0 Å². The molecule has 1 aromatic rings. The van der Waals surface area contributed by atoms with E-state index >= 15 is 0 Å². The highest BCUT2D eigenvalue weighted by atomic mass is 32.1. The molecule has 1 atom stereocenters. The van der Waals surface area contributed by atoms with E-state index in [9.17, 15) is 15.0 Å². The summed E-state index contributed by atoms with van der Waals surface area (Å²) in [4.78, 5) is 14.1. The molecule has 5 heteroatoms. The number of aromatic hydroxyl groups is 1. The number of rotatable bonds is 16. The summed E-state index contributed by atoms with van der Waals surface area (Å²) < 4.78 is 0. The molecular weight excluding hydrogens is 346 g/mol. The van der Waals surface area contributed by atoms with Gasteiger partial charge < -0.3 is 10.2 Å². The van der Waals surface area contributed by atoms with Gasteiger partial charge in [0.15, 0.2) is 0 Å². The van der Waals surface area contributed by atoms with E-state index in [1.165, 1.54) is 44.9 Å². The van der Waals surface area contributed by atoms with Crippen molar-refractivity contribution >= 4 is 11.3 Å². The molecule has 0 saturated heterocycles. The maximum Gasteiger partial charge on any atom is 0.307 e. The number of hydrogen-bond donors (Lipinski definition) is 3. The molecule has 0 aliphatic heterocycles. The van der Waals surface area contributed by atoms with Gasteiger partial charge in [-0.2, -0.15) is 0 Å². The van der Waals surface area contributed by atoms with Gasteiger partial charge in [-0.15, -0.1) is 0 Å². The lowest BCUT2D eigenvalue weighted by molar-refractivity contribution is 0.209. The van der Waals surface area contributed by atoms with Crippen LogP contribution in [0.4, 0.5) is 0 Å². The van der Waals surface area contributed by atoms with Crippen LogP contribution in [0, 0.1) is 0 Å². The number of aromatic amines is 1. The van der Waals surface area contributed by atoms with Crippen LogP contribution >= 0.6 is 11.3 Å². The minimum Gasteiger partial charge on any atom is -0.494 e. The van der Waals surface area contributed by atoms with Gasteiger partial charge in [0.1, 0.15) is 0 Å². The average Bonchev–Trinajstić information content (AvgIpc) is 2.94. The molecular formula is C21H37NO3S. The predicted molar refractivity (Wildman–Crippen MR) is 111 cm³/mol. The number of allylic oxidation sites excluding steroid dienone is 1. The Morgan fingerprint density at radius 3 is 2.19 bits per heavy atom. The molecule has 1 rings (SSSR count). The SMILES string of the molecule is CCCC[C@@H](O)C=CCCCCCCCCCCCc1sc(=O)[nH]c1O. The minimum atomic E-state index is -0.251. The fourth-order valence-corrected chi connectivity index (χ4v) is 3.84.